The normalized spacial score (nSPS) is 29.9. The molecule has 1 aliphatic heterocycles. The van der Waals surface area contributed by atoms with Gasteiger partial charge < -0.3 is 5.11 Å². The smallest absolute Gasteiger partial charge is 0.0945 e. The van der Waals surface area contributed by atoms with Crippen molar-refractivity contribution in [3.8, 4) is 0 Å². The van der Waals surface area contributed by atoms with Gasteiger partial charge in [-0.3, -0.25) is 4.90 Å². The summed E-state index contributed by atoms with van der Waals surface area (Å²) >= 11 is 0. The van der Waals surface area contributed by atoms with Crippen molar-refractivity contribution in [3.63, 3.8) is 0 Å². The van der Waals surface area contributed by atoms with Gasteiger partial charge in [-0.05, 0) is 43.7 Å². The zero-order chi connectivity index (χ0) is 13.9. The quantitative estimate of drug-likeness (QED) is 0.903. The minimum absolute atomic E-state index is 0.283. The van der Waals surface area contributed by atoms with E-state index in [9.17, 15) is 5.11 Å². The Morgan fingerprint density at radius 1 is 1.15 bits per heavy atom. The molecule has 0 bridgehead atoms. The molecule has 2 heteroatoms. The fourth-order valence-electron chi connectivity index (χ4n) is 4.37. The van der Waals surface area contributed by atoms with Gasteiger partial charge in [-0.15, -0.1) is 0 Å². The van der Waals surface area contributed by atoms with Crippen molar-refractivity contribution in [1.82, 2.24) is 4.90 Å². The van der Waals surface area contributed by atoms with Gasteiger partial charge in [-0.1, -0.05) is 50.1 Å². The predicted octanol–water partition coefficient (Wildman–Crippen LogP) is 3.76. The van der Waals surface area contributed by atoms with E-state index in [0.29, 0.717) is 0 Å². The molecule has 0 spiro atoms. The van der Waals surface area contributed by atoms with Crippen LogP contribution in [0.3, 0.4) is 0 Å². The molecule has 0 amide bonds. The van der Waals surface area contributed by atoms with E-state index in [0.717, 1.165) is 23.9 Å². The third-order valence-corrected chi connectivity index (χ3v) is 5.40. The summed E-state index contributed by atoms with van der Waals surface area (Å²) in [6, 6.07) is 11.2. The lowest BCUT2D eigenvalue weighted by atomic mass is 9.84. The molecule has 4 atom stereocenters. The molecule has 1 saturated heterocycles. The van der Waals surface area contributed by atoms with Gasteiger partial charge in [0.2, 0.25) is 0 Å². The summed E-state index contributed by atoms with van der Waals surface area (Å²) in [5.74, 6) is 0.890. The van der Waals surface area contributed by atoms with E-state index in [2.05, 4.69) is 24.0 Å². The third kappa shape index (κ3) is 2.64. The molecule has 1 aromatic carbocycles. The molecule has 2 aliphatic rings. The molecular weight excluding hydrogens is 246 g/mol. The molecule has 1 N–H and O–H groups in total. The lowest BCUT2D eigenvalue weighted by Gasteiger charge is -2.39. The summed E-state index contributed by atoms with van der Waals surface area (Å²) in [6.07, 6.45) is 7.54. The topological polar surface area (TPSA) is 23.5 Å². The van der Waals surface area contributed by atoms with E-state index in [1.807, 2.05) is 18.2 Å². The highest BCUT2D eigenvalue weighted by molar-refractivity contribution is 5.19. The van der Waals surface area contributed by atoms with E-state index >= 15 is 0 Å². The largest absolute Gasteiger partial charge is 0.387 e. The van der Waals surface area contributed by atoms with Crippen LogP contribution in [0.5, 0.6) is 0 Å². The summed E-state index contributed by atoms with van der Waals surface area (Å²) in [4.78, 5) is 2.63. The van der Waals surface area contributed by atoms with E-state index < -0.39 is 0 Å². The summed E-state index contributed by atoms with van der Waals surface area (Å²) in [7, 11) is 0. The van der Waals surface area contributed by atoms with Crippen molar-refractivity contribution < 1.29 is 5.11 Å². The molecule has 3 rings (SSSR count). The fraction of sp³-hybridized carbons (Fsp3) is 0.667. The lowest BCUT2D eigenvalue weighted by molar-refractivity contribution is 0.0256. The van der Waals surface area contributed by atoms with Crippen molar-refractivity contribution in [2.45, 2.75) is 63.6 Å². The number of fused-ring (bicyclic) bond motifs is 1. The van der Waals surface area contributed by atoms with Crippen LogP contribution in [0.4, 0.5) is 0 Å². The van der Waals surface area contributed by atoms with E-state index in [-0.39, 0.29) is 12.1 Å². The van der Waals surface area contributed by atoms with Crippen LogP contribution in [0.1, 0.15) is 57.1 Å². The zero-order valence-electron chi connectivity index (χ0n) is 12.5. The standard InChI is InChI=1S/C18H27NO/c1-2-16(18(20)15-9-4-3-5-10-15)19-13-12-14-8-6-7-11-17(14)19/h3-5,9-10,14,16-18,20H,2,6-8,11-13H2,1H3. The maximum atomic E-state index is 10.8. The van der Waals surface area contributed by atoms with Crippen LogP contribution >= 0.6 is 0 Å². The first-order valence-corrected chi connectivity index (χ1v) is 8.30. The number of nitrogens with zero attached hydrogens (tertiary/aromatic N) is 1. The Labute approximate surface area is 122 Å². The number of aliphatic hydroxyl groups excluding tert-OH is 1. The second-order valence-corrected chi connectivity index (χ2v) is 6.47. The van der Waals surface area contributed by atoms with Crippen LogP contribution in [-0.2, 0) is 0 Å². The van der Waals surface area contributed by atoms with Crippen molar-refractivity contribution in [1.29, 1.82) is 0 Å². The van der Waals surface area contributed by atoms with Gasteiger partial charge in [0.1, 0.15) is 0 Å². The number of benzene rings is 1. The van der Waals surface area contributed by atoms with E-state index in [1.54, 1.807) is 0 Å². The Hall–Kier alpha value is -0.860. The number of rotatable bonds is 4. The minimum Gasteiger partial charge on any atom is -0.387 e. The fourth-order valence-corrected chi connectivity index (χ4v) is 4.37. The van der Waals surface area contributed by atoms with Crippen LogP contribution in [-0.4, -0.2) is 28.6 Å². The summed E-state index contributed by atoms with van der Waals surface area (Å²) in [5, 5.41) is 10.8. The molecule has 2 nitrogen and oxygen atoms in total. The van der Waals surface area contributed by atoms with Crippen LogP contribution in [0.15, 0.2) is 30.3 Å². The van der Waals surface area contributed by atoms with Crippen LogP contribution < -0.4 is 0 Å². The number of aliphatic hydroxyl groups is 1. The summed E-state index contributed by atoms with van der Waals surface area (Å²) in [5.41, 5.74) is 1.07. The molecule has 1 saturated carbocycles. The first-order chi connectivity index (χ1) is 9.81. The average molecular weight is 273 g/mol. The summed E-state index contributed by atoms with van der Waals surface area (Å²) in [6.45, 7) is 3.39. The molecule has 1 heterocycles. The molecule has 0 aromatic heterocycles. The zero-order valence-corrected chi connectivity index (χ0v) is 12.5. The predicted molar refractivity (Wildman–Crippen MR) is 82.5 cm³/mol. The second-order valence-electron chi connectivity index (χ2n) is 6.47. The van der Waals surface area contributed by atoms with Crippen LogP contribution in [0.25, 0.3) is 0 Å². The highest BCUT2D eigenvalue weighted by Gasteiger charge is 2.40. The molecule has 2 fully saturated rings. The van der Waals surface area contributed by atoms with Gasteiger partial charge in [-0.25, -0.2) is 0 Å². The first kappa shape index (κ1) is 14.1. The van der Waals surface area contributed by atoms with Gasteiger partial charge in [0.15, 0.2) is 0 Å². The Kier molecular flexibility index (Phi) is 4.42. The molecule has 1 aliphatic carbocycles. The highest BCUT2D eigenvalue weighted by Crippen LogP contribution is 2.39. The Morgan fingerprint density at radius 3 is 2.65 bits per heavy atom. The molecule has 4 unspecified atom stereocenters. The first-order valence-electron chi connectivity index (χ1n) is 8.30. The number of hydrogen-bond donors (Lipinski definition) is 1. The molecule has 1 aromatic rings. The van der Waals surface area contributed by atoms with Gasteiger partial charge >= 0.3 is 0 Å². The van der Waals surface area contributed by atoms with Crippen molar-refractivity contribution in [2.24, 2.45) is 5.92 Å². The van der Waals surface area contributed by atoms with Crippen molar-refractivity contribution in [2.75, 3.05) is 6.54 Å². The monoisotopic (exact) mass is 273 g/mol. The molecular formula is C18H27NO. The van der Waals surface area contributed by atoms with E-state index in [4.69, 9.17) is 0 Å². The molecule has 0 radical (unpaired) electrons. The Balaban J connectivity index is 1.76. The SMILES string of the molecule is CCC(C(O)c1ccccc1)N1CCC2CCCCC21. The third-order valence-electron chi connectivity index (χ3n) is 5.40. The van der Waals surface area contributed by atoms with Gasteiger partial charge in [0.05, 0.1) is 6.10 Å². The number of hydrogen-bond acceptors (Lipinski definition) is 2. The van der Waals surface area contributed by atoms with Crippen molar-refractivity contribution >= 4 is 0 Å². The van der Waals surface area contributed by atoms with Gasteiger partial charge in [-0.2, -0.15) is 0 Å². The van der Waals surface area contributed by atoms with E-state index in [1.165, 1.54) is 38.6 Å². The minimum atomic E-state index is -0.345. The van der Waals surface area contributed by atoms with Gasteiger partial charge in [0, 0.05) is 12.1 Å². The number of likely N-dealkylation sites (tertiary alicyclic amines) is 1. The second kappa shape index (κ2) is 6.28. The van der Waals surface area contributed by atoms with Crippen LogP contribution in [0.2, 0.25) is 0 Å². The van der Waals surface area contributed by atoms with Gasteiger partial charge in [0.25, 0.3) is 0 Å². The maximum absolute atomic E-state index is 10.8. The lowest BCUT2D eigenvalue weighted by Crippen LogP contribution is -2.44. The maximum Gasteiger partial charge on any atom is 0.0945 e. The Bertz CT molecular complexity index is 419. The average Bonchev–Trinajstić information content (AvgIpc) is 2.93. The Morgan fingerprint density at radius 2 is 1.90 bits per heavy atom. The van der Waals surface area contributed by atoms with Crippen LogP contribution in [0, 0.1) is 5.92 Å². The highest BCUT2D eigenvalue weighted by atomic mass is 16.3. The summed E-state index contributed by atoms with van der Waals surface area (Å²) < 4.78 is 0. The molecule has 110 valence electrons. The molecule has 20 heavy (non-hydrogen) atoms. The van der Waals surface area contributed by atoms with Crippen molar-refractivity contribution in [3.05, 3.63) is 35.9 Å².